The Bertz CT molecular complexity index is 797. The van der Waals surface area contributed by atoms with E-state index < -0.39 is 0 Å². The highest BCUT2D eigenvalue weighted by atomic mass is 35.5. The van der Waals surface area contributed by atoms with Crippen LogP contribution in [-0.2, 0) is 9.59 Å². The van der Waals surface area contributed by atoms with Gasteiger partial charge in [-0.1, -0.05) is 35.9 Å². The molecule has 0 aliphatic rings. The van der Waals surface area contributed by atoms with Crippen LogP contribution < -0.4 is 5.32 Å². The lowest BCUT2D eigenvalue weighted by Gasteiger charge is -2.25. The molecule has 0 atom stereocenters. The molecule has 0 aromatic heterocycles. The number of likely N-dealkylation sites (N-methyl/N-ethyl adjacent to an activating group) is 1. The number of carbonyl (C=O) groups is 2. The first-order valence-corrected chi connectivity index (χ1v) is 9.96. The Morgan fingerprint density at radius 1 is 1.15 bits per heavy atom. The summed E-state index contributed by atoms with van der Waals surface area (Å²) < 4.78 is 0. The summed E-state index contributed by atoms with van der Waals surface area (Å²) in [6, 6.07) is 11.7. The minimum Gasteiger partial charge on any atom is -0.350 e. The van der Waals surface area contributed by atoms with Gasteiger partial charge in [-0.05, 0) is 45.2 Å². The van der Waals surface area contributed by atoms with E-state index in [1.165, 1.54) is 11.8 Å². The number of amides is 2. The van der Waals surface area contributed by atoms with Crippen molar-refractivity contribution in [1.82, 2.24) is 10.2 Å². The highest BCUT2D eigenvalue weighted by Crippen LogP contribution is 2.33. The fraction of sp³-hybridized carbons (Fsp3) is 0.400. The van der Waals surface area contributed by atoms with Gasteiger partial charge >= 0.3 is 0 Å². The zero-order valence-corrected chi connectivity index (χ0v) is 17.2. The third-order valence-electron chi connectivity index (χ3n) is 3.75. The average molecular weight is 393 g/mol. The van der Waals surface area contributed by atoms with Crippen LogP contribution >= 0.6 is 23.4 Å². The molecule has 0 aliphatic carbocycles. The molecule has 2 aromatic rings. The van der Waals surface area contributed by atoms with E-state index >= 15 is 0 Å². The third kappa shape index (κ3) is 5.64. The number of nitrogens with zero attached hydrogens (tertiary/aromatic N) is 1. The summed E-state index contributed by atoms with van der Waals surface area (Å²) in [5, 5.41) is 5.57. The summed E-state index contributed by atoms with van der Waals surface area (Å²) in [5.74, 6) is 0.0533. The molecule has 4 nitrogen and oxygen atoms in total. The number of benzene rings is 2. The Morgan fingerprint density at radius 3 is 2.42 bits per heavy atom. The van der Waals surface area contributed by atoms with E-state index in [1.807, 2.05) is 64.1 Å². The lowest BCUT2D eigenvalue weighted by atomic mass is 10.1. The normalized spacial score (nSPS) is 11.4. The Morgan fingerprint density at radius 2 is 1.81 bits per heavy atom. The van der Waals surface area contributed by atoms with Crippen LogP contribution in [-0.4, -0.2) is 41.1 Å². The zero-order valence-electron chi connectivity index (χ0n) is 15.6. The number of fused-ring (bicyclic) bond motifs is 1. The van der Waals surface area contributed by atoms with Gasteiger partial charge in [-0.2, -0.15) is 0 Å². The van der Waals surface area contributed by atoms with E-state index in [0.29, 0.717) is 11.6 Å². The monoisotopic (exact) mass is 392 g/mol. The standard InChI is InChI=1S/C20H25ClN2O2S/c1-5-23(12-17(24)22-20(2,3)4)18(25)13-26-16-11-7-9-14-8-6-10-15(21)19(14)16/h6-11H,5,12-13H2,1-4H3,(H,22,24). The predicted molar refractivity (Wildman–Crippen MR) is 110 cm³/mol. The fourth-order valence-electron chi connectivity index (χ4n) is 2.62. The lowest BCUT2D eigenvalue weighted by molar-refractivity contribution is -0.134. The van der Waals surface area contributed by atoms with E-state index in [4.69, 9.17) is 11.6 Å². The SMILES string of the molecule is CCN(CC(=O)NC(C)(C)C)C(=O)CSc1cccc2cccc(Cl)c12. The summed E-state index contributed by atoms with van der Waals surface area (Å²) in [6.07, 6.45) is 0. The second-order valence-electron chi connectivity index (χ2n) is 7.09. The van der Waals surface area contributed by atoms with Gasteiger partial charge in [-0.15, -0.1) is 11.8 Å². The molecule has 0 unspecified atom stereocenters. The molecule has 140 valence electrons. The first-order chi connectivity index (χ1) is 12.2. The van der Waals surface area contributed by atoms with Crippen molar-refractivity contribution in [2.45, 2.75) is 38.1 Å². The lowest BCUT2D eigenvalue weighted by Crippen LogP contribution is -2.47. The molecule has 2 rings (SSSR count). The Kier molecular flexibility index (Phi) is 6.95. The molecule has 2 amide bonds. The summed E-state index contributed by atoms with van der Waals surface area (Å²) in [6.45, 7) is 8.20. The molecule has 2 aromatic carbocycles. The summed E-state index contributed by atoms with van der Waals surface area (Å²) >= 11 is 7.78. The number of hydrogen-bond donors (Lipinski definition) is 1. The van der Waals surface area contributed by atoms with Crippen LogP contribution in [0.15, 0.2) is 41.3 Å². The van der Waals surface area contributed by atoms with Crippen LogP contribution in [0.5, 0.6) is 0 Å². The highest BCUT2D eigenvalue weighted by molar-refractivity contribution is 8.00. The molecule has 0 aliphatic heterocycles. The number of nitrogens with one attached hydrogen (secondary N) is 1. The van der Waals surface area contributed by atoms with Gasteiger partial charge in [0, 0.05) is 27.4 Å². The van der Waals surface area contributed by atoms with E-state index in [2.05, 4.69) is 5.32 Å². The van der Waals surface area contributed by atoms with Gasteiger partial charge in [0.25, 0.3) is 0 Å². The molecule has 0 radical (unpaired) electrons. The summed E-state index contributed by atoms with van der Waals surface area (Å²) in [7, 11) is 0. The molecule has 0 heterocycles. The van der Waals surface area contributed by atoms with Crippen molar-refractivity contribution in [1.29, 1.82) is 0 Å². The van der Waals surface area contributed by atoms with Gasteiger partial charge in [-0.25, -0.2) is 0 Å². The van der Waals surface area contributed by atoms with Crippen molar-refractivity contribution in [2.24, 2.45) is 0 Å². The second kappa shape index (κ2) is 8.78. The number of thioether (sulfide) groups is 1. The first kappa shape index (κ1) is 20.6. The maximum absolute atomic E-state index is 12.6. The molecule has 0 spiro atoms. The van der Waals surface area contributed by atoms with E-state index in [0.717, 1.165) is 15.7 Å². The quantitative estimate of drug-likeness (QED) is 0.743. The number of rotatable bonds is 6. The van der Waals surface area contributed by atoms with Crippen LogP contribution in [0.1, 0.15) is 27.7 Å². The van der Waals surface area contributed by atoms with Crippen molar-refractivity contribution in [2.75, 3.05) is 18.8 Å². The Labute approximate surface area is 164 Å². The van der Waals surface area contributed by atoms with E-state index in [1.54, 1.807) is 4.90 Å². The van der Waals surface area contributed by atoms with Crippen molar-refractivity contribution in [3.63, 3.8) is 0 Å². The third-order valence-corrected chi connectivity index (χ3v) is 5.11. The molecule has 0 saturated heterocycles. The van der Waals surface area contributed by atoms with Crippen LogP contribution in [0.4, 0.5) is 0 Å². The molecule has 0 bridgehead atoms. The summed E-state index contributed by atoms with van der Waals surface area (Å²) in [5.41, 5.74) is -0.312. The Balaban J connectivity index is 2.04. The van der Waals surface area contributed by atoms with Crippen LogP contribution in [0.25, 0.3) is 10.8 Å². The second-order valence-corrected chi connectivity index (χ2v) is 8.51. The molecule has 0 fully saturated rings. The van der Waals surface area contributed by atoms with Gasteiger partial charge in [-0.3, -0.25) is 9.59 Å². The maximum Gasteiger partial charge on any atom is 0.240 e. The molecular formula is C20H25ClN2O2S. The van der Waals surface area contributed by atoms with Crippen molar-refractivity contribution in [3.05, 3.63) is 41.4 Å². The molecular weight excluding hydrogens is 368 g/mol. The average Bonchev–Trinajstić information content (AvgIpc) is 2.56. The summed E-state index contributed by atoms with van der Waals surface area (Å²) in [4.78, 5) is 27.2. The van der Waals surface area contributed by atoms with Gasteiger partial charge < -0.3 is 10.2 Å². The maximum atomic E-state index is 12.6. The number of halogens is 1. The Hall–Kier alpha value is -1.72. The van der Waals surface area contributed by atoms with Gasteiger partial charge in [0.1, 0.15) is 0 Å². The number of carbonyl (C=O) groups excluding carboxylic acids is 2. The minimum absolute atomic E-state index is 0.0642. The predicted octanol–water partition coefficient (Wildman–Crippen LogP) is 4.35. The smallest absolute Gasteiger partial charge is 0.240 e. The molecule has 26 heavy (non-hydrogen) atoms. The van der Waals surface area contributed by atoms with Crippen molar-refractivity contribution in [3.8, 4) is 0 Å². The van der Waals surface area contributed by atoms with Gasteiger partial charge in [0.15, 0.2) is 0 Å². The number of hydrogen-bond acceptors (Lipinski definition) is 3. The topological polar surface area (TPSA) is 49.4 Å². The van der Waals surface area contributed by atoms with E-state index in [-0.39, 0.29) is 29.7 Å². The van der Waals surface area contributed by atoms with Crippen LogP contribution in [0.3, 0.4) is 0 Å². The molecule has 6 heteroatoms. The minimum atomic E-state index is -0.312. The zero-order chi connectivity index (χ0) is 19.3. The van der Waals surface area contributed by atoms with Gasteiger partial charge in [0.05, 0.1) is 12.3 Å². The largest absolute Gasteiger partial charge is 0.350 e. The fourth-order valence-corrected chi connectivity index (χ4v) is 3.97. The van der Waals surface area contributed by atoms with E-state index in [9.17, 15) is 9.59 Å². The van der Waals surface area contributed by atoms with Gasteiger partial charge in [0.2, 0.25) is 11.8 Å². The van der Waals surface area contributed by atoms with Crippen LogP contribution in [0.2, 0.25) is 5.02 Å². The van der Waals surface area contributed by atoms with Crippen LogP contribution in [0, 0.1) is 0 Å². The van der Waals surface area contributed by atoms with Crippen molar-refractivity contribution < 1.29 is 9.59 Å². The first-order valence-electron chi connectivity index (χ1n) is 8.60. The highest BCUT2D eigenvalue weighted by Gasteiger charge is 2.19. The van der Waals surface area contributed by atoms with Crippen molar-refractivity contribution >= 4 is 45.9 Å². The molecule has 0 saturated carbocycles. The molecule has 1 N–H and O–H groups in total.